The third-order valence-corrected chi connectivity index (χ3v) is 3.44. The molecule has 0 aliphatic heterocycles. The largest absolute Gasteiger partial charge is 0.399 e. The second kappa shape index (κ2) is 5.27. The van der Waals surface area contributed by atoms with Crippen LogP contribution in [-0.2, 0) is 0 Å². The molecule has 0 fully saturated rings. The van der Waals surface area contributed by atoms with Crippen LogP contribution in [0.2, 0.25) is 5.02 Å². The van der Waals surface area contributed by atoms with Crippen LogP contribution in [0.3, 0.4) is 0 Å². The van der Waals surface area contributed by atoms with Gasteiger partial charge in [0, 0.05) is 15.7 Å². The van der Waals surface area contributed by atoms with E-state index in [-0.39, 0.29) is 16.1 Å². The van der Waals surface area contributed by atoms with E-state index in [1.54, 1.807) is 0 Å². The first-order valence-electron chi connectivity index (χ1n) is 5.14. The number of hydrogen-bond acceptors (Lipinski definition) is 2. The monoisotopic (exact) mass is 345 g/mol. The fourth-order valence-electron chi connectivity index (χ4n) is 1.56. The number of halogens is 4. The highest BCUT2D eigenvalue weighted by atomic mass is 79.9. The predicted octanol–water partition coefficient (Wildman–Crippen LogP) is 4.19. The number of benzene rings is 2. The van der Waals surface area contributed by atoms with Crippen LogP contribution < -0.4 is 5.73 Å². The van der Waals surface area contributed by atoms with E-state index < -0.39 is 17.4 Å². The summed E-state index contributed by atoms with van der Waals surface area (Å²) in [7, 11) is 0. The van der Waals surface area contributed by atoms with Crippen molar-refractivity contribution in [3.05, 3.63) is 62.6 Å². The molecule has 6 heteroatoms. The predicted molar refractivity (Wildman–Crippen MR) is 73.4 cm³/mol. The van der Waals surface area contributed by atoms with E-state index in [1.807, 2.05) is 0 Å². The Kier molecular flexibility index (Phi) is 3.87. The molecule has 0 saturated heterocycles. The summed E-state index contributed by atoms with van der Waals surface area (Å²) in [5.41, 5.74) is 5.81. The molecule has 0 amide bonds. The number of carbonyl (C=O) groups is 1. The van der Waals surface area contributed by atoms with E-state index >= 15 is 0 Å². The summed E-state index contributed by atoms with van der Waals surface area (Å²) < 4.78 is 27.4. The minimum atomic E-state index is -0.875. The number of anilines is 1. The van der Waals surface area contributed by atoms with Crippen molar-refractivity contribution in [2.24, 2.45) is 0 Å². The van der Waals surface area contributed by atoms with E-state index in [0.29, 0.717) is 10.2 Å². The van der Waals surface area contributed by atoms with Gasteiger partial charge in [-0.25, -0.2) is 8.78 Å². The minimum absolute atomic E-state index is 0.190. The van der Waals surface area contributed by atoms with Gasteiger partial charge in [0.2, 0.25) is 0 Å². The van der Waals surface area contributed by atoms with Gasteiger partial charge in [0.1, 0.15) is 11.6 Å². The van der Waals surface area contributed by atoms with Crippen LogP contribution in [0, 0.1) is 11.6 Å². The summed E-state index contributed by atoms with van der Waals surface area (Å²) in [6, 6.07) is 6.01. The van der Waals surface area contributed by atoms with Gasteiger partial charge in [0.25, 0.3) is 0 Å². The molecule has 98 valence electrons. The first kappa shape index (κ1) is 14.0. The van der Waals surface area contributed by atoms with E-state index in [2.05, 4.69) is 15.9 Å². The van der Waals surface area contributed by atoms with Gasteiger partial charge in [-0.05, 0) is 46.3 Å². The molecule has 0 unspecified atom stereocenters. The summed E-state index contributed by atoms with van der Waals surface area (Å²) in [6.07, 6.45) is 0. The lowest BCUT2D eigenvalue weighted by Gasteiger charge is -2.07. The topological polar surface area (TPSA) is 43.1 Å². The van der Waals surface area contributed by atoms with Crippen molar-refractivity contribution < 1.29 is 13.6 Å². The van der Waals surface area contributed by atoms with Gasteiger partial charge < -0.3 is 5.73 Å². The Balaban J connectivity index is 2.53. The molecular weight excluding hydrogens is 340 g/mol. The van der Waals surface area contributed by atoms with Gasteiger partial charge in [-0.2, -0.15) is 0 Å². The highest BCUT2D eigenvalue weighted by Gasteiger charge is 2.19. The normalized spacial score (nSPS) is 10.5. The first-order valence-corrected chi connectivity index (χ1v) is 6.31. The Morgan fingerprint density at radius 2 is 1.79 bits per heavy atom. The van der Waals surface area contributed by atoms with Crippen molar-refractivity contribution in [1.29, 1.82) is 0 Å². The van der Waals surface area contributed by atoms with Crippen LogP contribution in [0.25, 0.3) is 0 Å². The molecule has 2 nitrogen and oxygen atoms in total. The average Bonchev–Trinajstić information content (AvgIpc) is 2.33. The van der Waals surface area contributed by atoms with E-state index in [0.717, 1.165) is 12.1 Å². The number of nitrogen functional groups attached to an aromatic ring is 1. The average molecular weight is 347 g/mol. The Morgan fingerprint density at radius 3 is 2.42 bits per heavy atom. The zero-order valence-corrected chi connectivity index (χ0v) is 11.7. The van der Waals surface area contributed by atoms with Crippen molar-refractivity contribution in [3.8, 4) is 0 Å². The number of hydrogen-bond donors (Lipinski definition) is 1. The maximum absolute atomic E-state index is 13.7. The lowest BCUT2D eigenvalue weighted by atomic mass is 10.0. The van der Waals surface area contributed by atoms with Crippen LogP contribution in [0.1, 0.15) is 15.9 Å². The molecule has 0 radical (unpaired) electrons. The van der Waals surface area contributed by atoms with Crippen molar-refractivity contribution in [3.63, 3.8) is 0 Å². The van der Waals surface area contributed by atoms with Gasteiger partial charge in [-0.15, -0.1) is 0 Å². The Bertz CT molecular complexity index is 676. The molecule has 2 N–H and O–H groups in total. The quantitative estimate of drug-likeness (QED) is 0.503. The molecule has 0 spiro atoms. The highest BCUT2D eigenvalue weighted by Crippen LogP contribution is 2.26. The van der Waals surface area contributed by atoms with Crippen LogP contribution in [0.5, 0.6) is 0 Å². The number of rotatable bonds is 2. The molecule has 2 aromatic carbocycles. The second-order valence-corrected chi connectivity index (χ2v) is 5.08. The summed E-state index contributed by atoms with van der Waals surface area (Å²) >= 11 is 8.60. The SMILES string of the molecule is Nc1ccc(C(=O)c2cc(F)c(Cl)cc2F)c(Br)c1. The Morgan fingerprint density at radius 1 is 1.11 bits per heavy atom. The van der Waals surface area contributed by atoms with Gasteiger partial charge in [-0.1, -0.05) is 11.6 Å². The maximum Gasteiger partial charge on any atom is 0.197 e. The fourth-order valence-corrected chi connectivity index (χ4v) is 2.28. The van der Waals surface area contributed by atoms with Crippen molar-refractivity contribution >= 4 is 39.0 Å². The highest BCUT2D eigenvalue weighted by molar-refractivity contribution is 9.10. The zero-order chi connectivity index (χ0) is 14.2. The summed E-state index contributed by atoms with van der Waals surface area (Å²) in [5, 5.41) is -0.370. The molecule has 0 aromatic heterocycles. The smallest absolute Gasteiger partial charge is 0.197 e. The summed E-state index contributed by atoms with van der Waals surface area (Å²) in [4.78, 5) is 12.1. The fraction of sp³-hybridized carbons (Fsp3) is 0. The Hall–Kier alpha value is -1.46. The molecule has 19 heavy (non-hydrogen) atoms. The molecule has 0 atom stereocenters. The zero-order valence-electron chi connectivity index (χ0n) is 9.38. The number of ketones is 1. The second-order valence-electron chi connectivity index (χ2n) is 3.81. The third kappa shape index (κ3) is 2.77. The van der Waals surface area contributed by atoms with Crippen LogP contribution in [0.15, 0.2) is 34.8 Å². The molecule has 0 saturated carbocycles. The van der Waals surface area contributed by atoms with Gasteiger partial charge in [0.05, 0.1) is 10.6 Å². The first-order chi connectivity index (χ1) is 8.90. The van der Waals surface area contributed by atoms with Crippen molar-refractivity contribution in [1.82, 2.24) is 0 Å². The summed E-state index contributed by atoms with van der Waals surface area (Å²) in [5.74, 6) is -2.38. The van der Waals surface area contributed by atoms with Gasteiger partial charge in [0.15, 0.2) is 5.78 Å². The number of carbonyl (C=O) groups excluding carboxylic acids is 1. The maximum atomic E-state index is 13.7. The van der Waals surface area contributed by atoms with Crippen molar-refractivity contribution in [2.75, 3.05) is 5.73 Å². The molecule has 0 aliphatic rings. The molecule has 0 heterocycles. The van der Waals surface area contributed by atoms with Crippen LogP contribution >= 0.6 is 27.5 Å². The van der Waals surface area contributed by atoms with Gasteiger partial charge >= 0.3 is 0 Å². The standard InChI is InChI=1S/C13H7BrClF2NO/c14-9-3-6(18)1-2-7(9)13(19)8-4-12(17)10(15)5-11(8)16/h1-5H,18H2. The Labute approximate surface area is 121 Å². The lowest BCUT2D eigenvalue weighted by Crippen LogP contribution is -2.06. The van der Waals surface area contributed by atoms with E-state index in [9.17, 15) is 13.6 Å². The van der Waals surface area contributed by atoms with Crippen LogP contribution in [-0.4, -0.2) is 5.78 Å². The number of nitrogens with two attached hydrogens (primary N) is 1. The third-order valence-electron chi connectivity index (χ3n) is 2.49. The van der Waals surface area contributed by atoms with Crippen LogP contribution in [0.4, 0.5) is 14.5 Å². The lowest BCUT2D eigenvalue weighted by molar-refractivity contribution is 0.103. The summed E-state index contributed by atoms with van der Waals surface area (Å²) in [6.45, 7) is 0. The minimum Gasteiger partial charge on any atom is -0.399 e. The molecule has 2 rings (SSSR count). The van der Waals surface area contributed by atoms with E-state index in [1.165, 1.54) is 18.2 Å². The molecule has 0 bridgehead atoms. The molecule has 0 aliphatic carbocycles. The molecular formula is C13H7BrClF2NO. The van der Waals surface area contributed by atoms with E-state index in [4.69, 9.17) is 17.3 Å². The van der Waals surface area contributed by atoms with Gasteiger partial charge in [-0.3, -0.25) is 4.79 Å². The molecule has 2 aromatic rings. The van der Waals surface area contributed by atoms with Crippen molar-refractivity contribution in [2.45, 2.75) is 0 Å².